The summed E-state index contributed by atoms with van der Waals surface area (Å²) in [6, 6.07) is 0. The molecule has 150 valence electrons. The second-order valence-electron chi connectivity index (χ2n) is 7.54. The standard InChI is InChI=1S/C18H30N4O2.2ClH/c1-13-14(2)24-16(21-13)12-22-9-5-15(6-10-22)11-20-17(23)18(19)7-3-4-8-18;;/h15H,3-12,19H2,1-2H3,(H,20,23);2*1H. The summed E-state index contributed by atoms with van der Waals surface area (Å²) < 4.78 is 5.67. The van der Waals surface area contributed by atoms with Crippen LogP contribution in [0, 0.1) is 19.8 Å². The van der Waals surface area contributed by atoms with E-state index >= 15 is 0 Å². The summed E-state index contributed by atoms with van der Waals surface area (Å²) in [4.78, 5) is 19.1. The molecule has 0 aromatic carbocycles. The Morgan fingerprint density at radius 1 is 1.27 bits per heavy atom. The van der Waals surface area contributed by atoms with Crippen LogP contribution in [0.25, 0.3) is 0 Å². The summed E-state index contributed by atoms with van der Waals surface area (Å²) in [6.07, 6.45) is 5.98. The molecular weight excluding hydrogens is 375 g/mol. The van der Waals surface area contributed by atoms with Crippen molar-refractivity contribution in [1.29, 1.82) is 0 Å². The highest BCUT2D eigenvalue weighted by atomic mass is 35.5. The van der Waals surface area contributed by atoms with Gasteiger partial charge in [-0.05, 0) is 58.5 Å². The van der Waals surface area contributed by atoms with Crippen LogP contribution in [0.4, 0.5) is 0 Å². The van der Waals surface area contributed by atoms with Crippen LogP contribution in [0.15, 0.2) is 4.42 Å². The number of hydrogen-bond acceptors (Lipinski definition) is 5. The summed E-state index contributed by atoms with van der Waals surface area (Å²) in [5.41, 5.74) is 6.57. The van der Waals surface area contributed by atoms with E-state index in [1.165, 1.54) is 0 Å². The fourth-order valence-electron chi connectivity index (χ4n) is 3.79. The van der Waals surface area contributed by atoms with Gasteiger partial charge in [0, 0.05) is 6.54 Å². The molecule has 8 heteroatoms. The van der Waals surface area contributed by atoms with E-state index in [0.717, 1.165) is 82.0 Å². The molecule has 2 fully saturated rings. The highest BCUT2D eigenvalue weighted by molar-refractivity contribution is 5.86. The number of rotatable bonds is 5. The van der Waals surface area contributed by atoms with E-state index in [9.17, 15) is 4.79 Å². The van der Waals surface area contributed by atoms with E-state index < -0.39 is 5.54 Å². The van der Waals surface area contributed by atoms with Crippen LogP contribution in [0.3, 0.4) is 0 Å². The maximum Gasteiger partial charge on any atom is 0.240 e. The molecule has 6 nitrogen and oxygen atoms in total. The Morgan fingerprint density at radius 3 is 2.42 bits per heavy atom. The molecule has 0 spiro atoms. The first-order chi connectivity index (χ1) is 11.5. The number of amides is 1. The minimum Gasteiger partial charge on any atom is -0.444 e. The Labute approximate surface area is 168 Å². The summed E-state index contributed by atoms with van der Waals surface area (Å²) >= 11 is 0. The van der Waals surface area contributed by atoms with Crippen molar-refractivity contribution in [3.8, 4) is 0 Å². The van der Waals surface area contributed by atoms with Crippen LogP contribution >= 0.6 is 24.8 Å². The average Bonchev–Trinajstić information content (AvgIpc) is 3.13. The van der Waals surface area contributed by atoms with E-state index in [1.54, 1.807) is 0 Å². The van der Waals surface area contributed by atoms with Gasteiger partial charge in [0.15, 0.2) is 0 Å². The Balaban J connectivity index is 0.00000169. The predicted molar refractivity (Wildman–Crippen MR) is 107 cm³/mol. The summed E-state index contributed by atoms with van der Waals surface area (Å²) in [5.74, 6) is 2.31. The number of aryl methyl sites for hydroxylation is 2. The Morgan fingerprint density at radius 2 is 1.88 bits per heavy atom. The smallest absolute Gasteiger partial charge is 0.240 e. The Bertz CT molecular complexity index is 560. The number of likely N-dealkylation sites (tertiary alicyclic amines) is 1. The van der Waals surface area contributed by atoms with Crippen LogP contribution < -0.4 is 11.1 Å². The number of nitrogens with one attached hydrogen (secondary N) is 1. The van der Waals surface area contributed by atoms with Gasteiger partial charge in [-0.25, -0.2) is 4.98 Å². The molecule has 1 saturated carbocycles. The molecule has 2 heterocycles. The number of piperidine rings is 1. The number of nitrogens with two attached hydrogens (primary N) is 1. The minimum atomic E-state index is -0.610. The van der Waals surface area contributed by atoms with Gasteiger partial charge in [-0.15, -0.1) is 24.8 Å². The van der Waals surface area contributed by atoms with E-state index in [4.69, 9.17) is 10.2 Å². The van der Waals surface area contributed by atoms with Crippen LogP contribution in [0.5, 0.6) is 0 Å². The Hall–Kier alpha value is -0.820. The van der Waals surface area contributed by atoms with Gasteiger partial charge >= 0.3 is 0 Å². The Kier molecular flexibility index (Phi) is 8.86. The number of hydrogen-bond donors (Lipinski definition) is 2. The van der Waals surface area contributed by atoms with E-state index in [-0.39, 0.29) is 30.7 Å². The lowest BCUT2D eigenvalue weighted by atomic mass is 9.94. The van der Waals surface area contributed by atoms with Crippen LogP contribution in [-0.4, -0.2) is 41.0 Å². The van der Waals surface area contributed by atoms with Crippen molar-refractivity contribution in [2.45, 2.75) is 64.5 Å². The zero-order chi connectivity index (χ0) is 17.2. The number of halogens is 2. The number of aromatic nitrogens is 1. The van der Waals surface area contributed by atoms with Crippen molar-refractivity contribution < 1.29 is 9.21 Å². The fraction of sp³-hybridized carbons (Fsp3) is 0.778. The van der Waals surface area contributed by atoms with Crippen LogP contribution in [0.2, 0.25) is 0 Å². The molecule has 1 amide bonds. The minimum absolute atomic E-state index is 0. The second-order valence-corrected chi connectivity index (χ2v) is 7.54. The third kappa shape index (κ3) is 5.59. The van der Waals surface area contributed by atoms with Gasteiger partial charge in [-0.3, -0.25) is 9.69 Å². The molecular formula is C18H32Cl2N4O2. The van der Waals surface area contributed by atoms with Gasteiger partial charge in [0.05, 0.1) is 17.8 Å². The maximum absolute atomic E-state index is 12.3. The summed E-state index contributed by atoms with van der Waals surface area (Å²) in [5, 5.41) is 3.10. The lowest BCUT2D eigenvalue weighted by Gasteiger charge is -2.32. The molecule has 0 bridgehead atoms. The molecule has 0 unspecified atom stereocenters. The lowest BCUT2D eigenvalue weighted by molar-refractivity contribution is -0.126. The van der Waals surface area contributed by atoms with Crippen molar-refractivity contribution in [2.75, 3.05) is 19.6 Å². The predicted octanol–water partition coefficient (Wildman–Crippen LogP) is 2.73. The number of carbonyl (C=O) groups excluding carboxylic acids is 1. The van der Waals surface area contributed by atoms with Gasteiger partial charge in [-0.1, -0.05) is 12.8 Å². The van der Waals surface area contributed by atoms with Crippen molar-refractivity contribution in [3.05, 3.63) is 17.3 Å². The maximum atomic E-state index is 12.3. The van der Waals surface area contributed by atoms with Gasteiger partial charge < -0.3 is 15.5 Å². The second kappa shape index (κ2) is 9.93. The lowest BCUT2D eigenvalue weighted by Crippen LogP contribution is -2.53. The van der Waals surface area contributed by atoms with Gasteiger partial charge in [0.25, 0.3) is 0 Å². The van der Waals surface area contributed by atoms with Crippen LogP contribution in [0.1, 0.15) is 55.9 Å². The van der Waals surface area contributed by atoms with Gasteiger partial charge in [0.2, 0.25) is 11.8 Å². The number of oxazole rings is 1. The fourth-order valence-corrected chi connectivity index (χ4v) is 3.79. The molecule has 1 aliphatic carbocycles. The van der Waals surface area contributed by atoms with Gasteiger partial charge in [-0.2, -0.15) is 0 Å². The third-order valence-corrected chi connectivity index (χ3v) is 5.64. The molecule has 26 heavy (non-hydrogen) atoms. The molecule has 0 radical (unpaired) electrons. The van der Waals surface area contributed by atoms with E-state index in [0.29, 0.717) is 5.92 Å². The van der Waals surface area contributed by atoms with Crippen molar-refractivity contribution in [2.24, 2.45) is 11.7 Å². The highest BCUT2D eigenvalue weighted by Crippen LogP contribution is 2.27. The number of nitrogens with zero attached hydrogens (tertiary/aromatic N) is 2. The zero-order valence-electron chi connectivity index (χ0n) is 15.8. The molecule has 3 N–H and O–H groups in total. The topological polar surface area (TPSA) is 84.4 Å². The third-order valence-electron chi connectivity index (χ3n) is 5.64. The molecule has 1 aromatic heterocycles. The monoisotopic (exact) mass is 406 g/mol. The van der Waals surface area contributed by atoms with E-state index in [1.807, 2.05) is 13.8 Å². The number of carbonyl (C=O) groups is 1. The van der Waals surface area contributed by atoms with E-state index in [2.05, 4.69) is 15.2 Å². The molecule has 1 saturated heterocycles. The highest BCUT2D eigenvalue weighted by Gasteiger charge is 2.37. The van der Waals surface area contributed by atoms with Crippen LogP contribution in [-0.2, 0) is 11.3 Å². The van der Waals surface area contributed by atoms with Crippen molar-refractivity contribution in [3.63, 3.8) is 0 Å². The molecule has 1 aromatic rings. The first-order valence-electron chi connectivity index (χ1n) is 9.19. The largest absolute Gasteiger partial charge is 0.444 e. The van der Waals surface area contributed by atoms with Crippen molar-refractivity contribution in [1.82, 2.24) is 15.2 Å². The first kappa shape index (κ1) is 23.2. The zero-order valence-corrected chi connectivity index (χ0v) is 17.4. The average molecular weight is 407 g/mol. The van der Waals surface area contributed by atoms with Crippen molar-refractivity contribution >= 4 is 30.7 Å². The SMILES string of the molecule is Cc1nc(CN2CCC(CNC(=O)C3(N)CCCC3)CC2)oc1C.Cl.Cl. The molecule has 0 atom stereocenters. The first-order valence-corrected chi connectivity index (χ1v) is 9.19. The summed E-state index contributed by atoms with van der Waals surface area (Å²) in [7, 11) is 0. The van der Waals surface area contributed by atoms with Gasteiger partial charge in [0.1, 0.15) is 5.76 Å². The molecule has 3 rings (SSSR count). The quantitative estimate of drug-likeness (QED) is 0.784. The normalized spacial score (nSPS) is 20.3. The molecule has 1 aliphatic heterocycles. The summed E-state index contributed by atoms with van der Waals surface area (Å²) in [6.45, 7) is 7.51. The molecule has 2 aliphatic rings.